The zero-order valence-corrected chi connectivity index (χ0v) is 10.7. The summed E-state index contributed by atoms with van der Waals surface area (Å²) in [4.78, 5) is 2.21. The SMILES string of the molecule is CC(N)C1CCCCN1Cc1ccc(F)cc1F. The molecule has 2 N–H and O–H groups in total. The van der Waals surface area contributed by atoms with E-state index < -0.39 is 11.6 Å². The first-order chi connectivity index (χ1) is 8.58. The van der Waals surface area contributed by atoms with Gasteiger partial charge in [0.15, 0.2) is 0 Å². The van der Waals surface area contributed by atoms with Gasteiger partial charge >= 0.3 is 0 Å². The second kappa shape index (κ2) is 5.76. The van der Waals surface area contributed by atoms with E-state index in [0.29, 0.717) is 18.2 Å². The predicted octanol–water partition coefficient (Wildman–Crippen LogP) is 2.67. The van der Waals surface area contributed by atoms with E-state index in [2.05, 4.69) is 4.90 Å². The van der Waals surface area contributed by atoms with E-state index in [1.807, 2.05) is 6.92 Å². The van der Waals surface area contributed by atoms with Crippen LogP contribution in [0.25, 0.3) is 0 Å². The van der Waals surface area contributed by atoms with E-state index in [1.165, 1.54) is 18.6 Å². The van der Waals surface area contributed by atoms with Crippen molar-refractivity contribution in [2.24, 2.45) is 5.73 Å². The molecular weight excluding hydrogens is 234 g/mol. The van der Waals surface area contributed by atoms with Gasteiger partial charge in [0.2, 0.25) is 0 Å². The Morgan fingerprint density at radius 2 is 2.17 bits per heavy atom. The summed E-state index contributed by atoms with van der Waals surface area (Å²) in [7, 11) is 0. The lowest BCUT2D eigenvalue weighted by Crippen LogP contribution is -2.48. The molecule has 0 spiro atoms. The molecular formula is C14H20F2N2. The first-order valence-corrected chi connectivity index (χ1v) is 6.51. The Kier molecular flexibility index (Phi) is 4.30. The smallest absolute Gasteiger partial charge is 0.130 e. The molecule has 0 radical (unpaired) electrons. The Bertz CT molecular complexity index is 407. The quantitative estimate of drug-likeness (QED) is 0.898. The van der Waals surface area contributed by atoms with Crippen molar-refractivity contribution in [3.63, 3.8) is 0 Å². The van der Waals surface area contributed by atoms with Crippen LogP contribution >= 0.6 is 0 Å². The van der Waals surface area contributed by atoms with E-state index in [9.17, 15) is 8.78 Å². The highest BCUT2D eigenvalue weighted by atomic mass is 19.1. The Hall–Kier alpha value is -1.00. The van der Waals surface area contributed by atoms with Crippen molar-refractivity contribution in [3.05, 3.63) is 35.4 Å². The van der Waals surface area contributed by atoms with Crippen LogP contribution in [0.4, 0.5) is 8.78 Å². The maximum Gasteiger partial charge on any atom is 0.130 e. The second-order valence-electron chi connectivity index (χ2n) is 5.13. The lowest BCUT2D eigenvalue weighted by atomic mass is 9.96. The fourth-order valence-corrected chi connectivity index (χ4v) is 2.68. The summed E-state index contributed by atoms with van der Waals surface area (Å²) in [5, 5.41) is 0. The standard InChI is InChI=1S/C14H20F2N2/c1-10(17)14-4-2-3-7-18(14)9-11-5-6-12(15)8-13(11)16/h5-6,8,10,14H,2-4,7,9,17H2,1H3. The molecule has 1 aliphatic rings. The van der Waals surface area contributed by atoms with Crippen LogP contribution in [-0.4, -0.2) is 23.5 Å². The number of piperidine rings is 1. The van der Waals surface area contributed by atoms with E-state index in [1.54, 1.807) is 0 Å². The van der Waals surface area contributed by atoms with Gasteiger partial charge in [0.05, 0.1) is 0 Å². The summed E-state index contributed by atoms with van der Waals surface area (Å²) in [5.41, 5.74) is 6.52. The average Bonchev–Trinajstić information content (AvgIpc) is 2.33. The number of likely N-dealkylation sites (tertiary alicyclic amines) is 1. The summed E-state index contributed by atoms with van der Waals surface area (Å²) in [6.07, 6.45) is 3.35. The van der Waals surface area contributed by atoms with Crippen LogP contribution < -0.4 is 5.73 Å². The minimum atomic E-state index is -0.529. The minimum absolute atomic E-state index is 0.0776. The highest BCUT2D eigenvalue weighted by molar-refractivity contribution is 5.18. The van der Waals surface area contributed by atoms with Crippen LogP contribution in [0.1, 0.15) is 31.7 Å². The molecule has 1 aromatic carbocycles. The van der Waals surface area contributed by atoms with Crippen LogP contribution in [0.3, 0.4) is 0 Å². The van der Waals surface area contributed by atoms with Gasteiger partial charge in [-0.3, -0.25) is 4.90 Å². The number of nitrogens with two attached hydrogens (primary N) is 1. The number of hydrogen-bond donors (Lipinski definition) is 1. The van der Waals surface area contributed by atoms with Gasteiger partial charge in [0.25, 0.3) is 0 Å². The third-order valence-corrected chi connectivity index (χ3v) is 3.66. The molecule has 0 saturated carbocycles. The molecule has 1 saturated heterocycles. The van der Waals surface area contributed by atoms with Gasteiger partial charge in [-0.15, -0.1) is 0 Å². The molecule has 18 heavy (non-hydrogen) atoms. The van der Waals surface area contributed by atoms with Crippen molar-refractivity contribution < 1.29 is 8.78 Å². The average molecular weight is 254 g/mol. The molecule has 1 aromatic rings. The Morgan fingerprint density at radius 1 is 1.39 bits per heavy atom. The van der Waals surface area contributed by atoms with Crippen LogP contribution in [-0.2, 0) is 6.54 Å². The molecule has 2 unspecified atom stereocenters. The van der Waals surface area contributed by atoms with E-state index in [-0.39, 0.29) is 6.04 Å². The van der Waals surface area contributed by atoms with Gasteiger partial charge in [0.1, 0.15) is 11.6 Å². The van der Waals surface area contributed by atoms with Crippen molar-refractivity contribution in [3.8, 4) is 0 Å². The third-order valence-electron chi connectivity index (χ3n) is 3.66. The van der Waals surface area contributed by atoms with E-state index in [4.69, 9.17) is 5.73 Å². The molecule has 4 heteroatoms. The molecule has 100 valence electrons. The van der Waals surface area contributed by atoms with E-state index >= 15 is 0 Å². The van der Waals surface area contributed by atoms with E-state index in [0.717, 1.165) is 25.5 Å². The van der Waals surface area contributed by atoms with Gasteiger partial charge in [-0.1, -0.05) is 12.5 Å². The number of benzene rings is 1. The van der Waals surface area contributed by atoms with Crippen LogP contribution in [0.5, 0.6) is 0 Å². The molecule has 0 bridgehead atoms. The first kappa shape index (κ1) is 13.4. The Labute approximate surface area is 107 Å². The third kappa shape index (κ3) is 3.06. The fraction of sp³-hybridized carbons (Fsp3) is 0.571. The predicted molar refractivity (Wildman–Crippen MR) is 68.1 cm³/mol. The van der Waals surface area contributed by atoms with Crippen LogP contribution in [0.2, 0.25) is 0 Å². The summed E-state index contributed by atoms with van der Waals surface area (Å²) in [5.74, 6) is -0.998. The topological polar surface area (TPSA) is 29.3 Å². The summed E-state index contributed by atoms with van der Waals surface area (Å²) in [6, 6.07) is 4.15. The van der Waals surface area contributed by atoms with Gasteiger partial charge in [-0.25, -0.2) is 8.78 Å². The largest absolute Gasteiger partial charge is 0.327 e. The highest BCUT2D eigenvalue weighted by Crippen LogP contribution is 2.22. The lowest BCUT2D eigenvalue weighted by molar-refractivity contribution is 0.121. The van der Waals surface area contributed by atoms with Gasteiger partial charge < -0.3 is 5.73 Å². The fourth-order valence-electron chi connectivity index (χ4n) is 2.68. The molecule has 1 aliphatic heterocycles. The van der Waals surface area contributed by atoms with Crippen LogP contribution in [0, 0.1) is 11.6 Å². The lowest BCUT2D eigenvalue weighted by Gasteiger charge is -2.38. The van der Waals surface area contributed by atoms with Gasteiger partial charge in [-0.05, 0) is 32.4 Å². The zero-order valence-electron chi connectivity index (χ0n) is 10.7. The molecule has 1 fully saturated rings. The van der Waals surface area contributed by atoms with Crippen molar-refractivity contribution in [1.29, 1.82) is 0 Å². The molecule has 1 heterocycles. The van der Waals surface area contributed by atoms with Crippen molar-refractivity contribution in [1.82, 2.24) is 4.90 Å². The number of rotatable bonds is 3. The maximum atomic E-state index is 13.6. The molecule has 0 aromatic heterocycles. The monoisotopic (exact) mass is 254 g/mol. The Balaban J connectivity index is 2.11. The molecule has 0 amide bonds. The van der Waals surface area contributed by atoms with Crippen molar-refractivity contribution in [2.45, 2.75) is 44.8 Å². The van der Waals surface area contributed by atoms with Crippen molar-refractivity contribution >= 4 is 0 Å². The molecule has 2 atom stereocenters. The van der Waals surface area contributed by atoms with Gasteiger partial charge in [-0.2, -0.15) is 0 Å². The zero-order chi connectivity index (χ0) is 13.1. The highest BCUT2D eigenvalue weighted by Gasteiger charge is 2.25. The summed E-state index contributed by atoms with van der Waals surface area (Å²) >= 11 is 0. The number of hydrogen-bond acceptors (Lipinski definition) is 2. The number of halogens is 2. The Morgan fingerprint density at radius 3 is 2.83 bits per heavy atom. The first-order valence-electron chi connectivity index (χ1n) is 6.51. The molecule has 2 rings (SSSR count). The molecule has 0 aliphatic carbocycles. The molecule has 2 nitrogen and oxygen atoms in total. The van der Waals surface area contributed by atoms with Crippen molar-refractivity contribution in [2.75, 3.05) is 6.54 Å². The summed E-state index contributed by atoms with van der Waals surface area (Å²) in [6.45, 7) is 3.44. The summed E-state index contributed by atoms with van der Waals surface area (Å²) < 4.78 is 26.5. The normalized spacial score (nSPS) is 23.0. The van der Waals surface area contributed by atoms with Crippen LogP contribution in [0.15, 0.2) is 18.2 Å². The maximum absolute atomic E-state index is 13.6. The number of nitrogens with zero attached hydrogens (tertiary/aromatic N) is 1. The second-order valence-corrected chi connectivity index (χ2v) is 5.13. The van der Waals surface area contributed by atoms with Gasteiger partial charge in [0, 0.05) is 30.3 Å². The minimum Gasteiger partial charge on any atom is -0.327 e.